The van der Waals surface area contributed by atoms with E-state index < -0.39 is 0 Å². The van der Waals surface area contributed by atoms with Gasteiger partial charge >= 0.3 is 0 Å². The minimum atomic E-state index is 0.385. The van der Waals surface area contributed by atoms with Gasteiger partial charge in [0.15, 0.2) is 0 Å². The molecule has 0 aliphatic carbocycles. The van der Waals surface area contributed by atoms with Crippen molar-refractivity contribution in [1.82, 2.24) is 13.7 Å². The summed E-state index contributed by atoms with van der Waals surface area (Å²) in [6.07, 6.45) is 0. The molecule has 57 heavy (non-hydrogen) atoms. The van der Waals surface area contributed by atoms with Gasteiger partial charge in [-0.05, 0) is 83.9 Å². The van der Waals surface area contributed by atoms with E-state index in [4.69, 9.17) is 0 Å². The topological polar surface area (TPSA) is 86.2 Å². The molecule has 0 saturated carbocycles. The Morgan fingerprint density at radius 2 is 0.825 bits per heavy atom. The SMILES string of the molecule is N#Cc1cc(C#N)c2c(c1)c1ccccc1n2-c1ccc(-c2ccc(-n3c4ccccc4c4ccc(-n5c6ccccc6c6ccccc65)cc43)cc2)cc1C#N. The maximum atomic E-state index is 10.5. The molecule has 11 aromatic rings. The number of nitriles is 3. The van der Waals surface area contributed by atoms with Crippen LogP contribution in [0.5, 0.6) is 0 Å². The standard InChI is InChI=1S/C51H28N6/c52-29-32-25-36(31-54)51-44(26-32)42-12-4-8-16-49(42)57(51)45-24-19-34(27-35(45)30-53)33-17-20-37(21-18-33)55-46-13-5-3-11-41(46)43-23-22-38(28-50(43)55)56-47-14-6-1-9-39(47)40-10-2-7-15-48(40)56/h1-28H. The minimum Gasteiger partial charge on any atom is -0.309 e. The Balaban J connectivity index is 1.04. The summed E-state index contributed by atoms with van der Waals surface area (Å²) in [6, 6.07) is 65.1. The first-order valence-electron chi connectivity index (χ1n) is 18.7. The summed E-state index contributed by atoms with van der Waals surface area (Å²) in [6.45, 7) is 0. The fourth-order valence-corrected chi connectivity index (χ4v) is 8.88. The molecule has 0 spiro atoms. The lowest BCUT2D eigenvalue weighted by Gasteiger charge is -2.14. The number of aromatic nitrogens is 3. The molecule has 0 amide bonds. The first-order chi connectivity index (χ1) is 28.1. The van der Waals surface area contributed by atoms with Crippen molar-refractivity contribution in [3.63, 3.8) is 0 Å². The van der Waals surface area contributed by atoms with E-state index in [2.05, 4.69) is 143 Å². The summed E-state index contributed by atoms with van der Waals surface area (Å²) in [4.78, 5) is 0. The van der Waals surface area contributed by atoms with Gasteiger partial charge < -0.3 is 13.7 Å². The lowest BCUT2D eigenvalue weighted by Crippen LogP contribution is -2.00. The van der Waals surface area contributed by atoms with Crippen LogP contribution in [0, 0.1) is 34.0 Å². The minimum absolute atomic E-state index is 0.385. The van der Waals surface area contributed by atoms with Gasteiger partial charge in [-0.15, -0.1) is 0 Å². The van der Waals surface area contributed by atoms with Crippen LogP contribution in [-0.2, 0) is 0 Å². The van der Waals surface area contributed by atoms with Crippen molar-refractivity contribution in [1.29, 1.82) is 15.8 Å². The van der Waals surface area contributed by atoms with Gasteiger partial charge in [0.25, 0.3) is 0 Å². The predicted molar refractivity (Wildman–Crippen MR) is 229 cm³/mol. The van der Waals surface area contributed by atoms with Crippen LogP contribution in [0.4, 0.5) is 0 Å². The average molecular weight is 725 g/mol. The molecule has 3 aromatic heterocycles. The van der Waals surface area contributed by atoms with Crippen LogP contribution in [0.1, 0.15) is 16.7 Å². The average Bonchev–Trinajstić information content (AvgIpc) is 3.91. The second kappa shape index (κ2) is 12.3. The summed E-state index contributed by atoms with van der Waals surface area (Å²) < 4.78 is 6.67. The van der Waals surface area contributed by atoms with Crippen molar-refractivity contribution >= 4 is 65.4 Å². The van der Waals surface area contributed by atoms with Crippen LogP contribution in [0.2, 0.25) is 0 Å². The fourth-order valence-electron chi connectivity index (χ4n) is 8.88. The van der Waals surface area contributed by atoms with Crippen LogP contribution in [0.3, 0.4) is 0 Å². The summed E-state index contributed by atoms with van der Waals surface area (Å²) in [5, 5.41) is 37.0. The molecule has 6 heteroatoms. The van der Waals surface area contributed by atoms with Crippen molar-refractivity contribution in [2.45, 2.75) is 0 Å². The Hall–Kier alpha value is -8.37. The van der Waals surface area contributed by atoms with E-state index in [1.807, 2.05) is 53.1 Å². The van der Waals surface area contributed by atoms with Gasteiger partial charge in [-0.3, -0.25) is 0 Å². The maximum Gasteiger partial charge on any atom is 0.101 e. The van der Waals surface area contributed by atoms with Crippen LogP contribution in [0.25, 0.3) is 93.6 Å². The van der Waals surface area contributed by atoms with Gasteiger partial charge in [0.05, 0.1) is 61.5 Å². The zero-order valence-corrected chi connectivity index (χ0v) is 30.3. The molecular weight excluding hydrogens is 697 g/mol. The lowest BCUT2D eigenvalue weighted by molar-refractivity contribution is 1.15. The highest BCUT2D eigenvalue weighted by Gasteiger charge is 2.20. The van der Waals surface area contributed by atoms with E-state index in [0.29, 0.717) is 27.9 Å². The van der Waals surface area contributed by atoms with E-state index in [0.717, 1.165) is 49.8 Å². The first kappa shape index (κ1) is 32.1. The van der Waals surface area contributed by atoms with Gasteiger partial charge in [0.2, 0.25) is 0 Å². The normalized spacial score (nSPS) is 11.5. The summed E-state index contributed by atoms with van der Waals surface area (Å²) in [7, 11) is 0. The smallest absolute Gasteiger partial charge is 0.101 e. The Morgan fingerprint density at radius 3 is 1.40 bits per heavy atom. The second-order valence-corrected chi connectivity index (χ2v) is 14.3. The fraction of sp³-hybridized carbons (Fsp3) is 0. The van der Waals surface area contributed by atoms with Gasteiger partial charge in [-0.25, -0.2) is 0 Å². The maximum absolute atomic E-state index is 10.5. The molecular formula is C51H28N6. The zero-order chi connectivity index (χ0) is 38.2. The largest absolute Gasteiger partial charge is 0.309 e. The monoisotopic (exact) mass is 724 g/mol. The van der Waals surface area contributed by atoms with E-state index in [1.54, 1.807) is 6.07 Å². The third-order valence-electron chi connectivity index (χ3n) is 11.3. The number of nitrogens with zero attached hydrogens (tertiary/aromatic N) is 6. The highest BCUT2D eigenvalue weighted by Crippen LogP contribution is 2.39. The predicted octanol–water partition coefficient (Wildman–Crippen LogP) is 12.3. The number of fused-ring (bicyclic) bond motifs is 9. The molecule has 11 rings (SSSR count). The molecule has 0 N–H and O–H groups in total. The molecule has 0 saturated heterocycles. The van der Waals surface area contributed by atoms with Crippen molar-refractivity contribution in [2.75, 3.05) is 0 Å². The molecule has 0 aliphatic heterocycles. The van der Waals surface area contributed by atoms with Crippen LogP contribution in [-0.4, -0.2) is 13.7 Å². The molecule has 0 radical (unpaired) electrons. The summed E-state index contributed by atoms with van der Waals surface area (Å²) in [5.41, 5.74) is 12.1. The van der Waals surface area contributed by atoms with E-state index in [-0.39, 0.29) is 0 Å². The first-order valence-corrected chi connectivity index (χ1v) is 18.7. The molecule has 0 aliphatic rings. The van der Waals surface area contributed by atoms with Gasteiger partial charge in [-0.2, -0.15) is 15.8 Å². The Bertz CT molecular complexity index is 3560. The Labute approximate surface area is 326 Å². The highest BCUT2D eigenvalue weighted by molar-refractivity contribution is 6.13. The quantitative estimate of drug-likeness (QED) is 0.181. The molecule has 0 bridgehead atoms. The van der Waals surface area contributed by atoms with Crippen LogP contribution in [0.15, 0.2) is 170 Å². The summed E-state index contributed by atoms with van der Waals surface area (Å²) >= 11 is 0. The molecule has 0 fully saturated rings. The Kier molecular flexibility index (Phi) is 6.95. The van der Waals surface area contributed by atoms with Gasteiger partial charge in [0, 0.05) is 43.7 Å². The van der Waals surface area contributed by atoms with Crippen molar-refractivity contribution < 1.29 is 0 Å². The number of hydrogen-bond acceptors (Lipinski definition) is 3. The molecule has 6 nitrogen and oxygen atoms in total. The lowest BCUT2D eigenvalue weighted by atomic mass is 10.0. The zero-order valence-electron chi connectivity index (χ0n) is 30.3. The Morgan fingerprint density at radius 1 is 0.333 bits per heavy atom. The van der Waals surface area contributed by atoms with E-state index in [9.17, 15) is 15.8 Å². The number of rotatable bonds is 4. The van der Waals surface area contributed by atoms with Crippen molar-refractivity contribution in [3.8, 4) is 46.4 Å². The van der Waals surface area contributed by atoms with E-state index >= 15 is 0 Å². The van der Waals surface area contributed by atoms with Crippen molar-refractivity contribution in [2.24, 2.45) is 0 Å². The number of hydrogen-bond donors (Lipinski definition) is 0. The van der Waals surface area contributed by atoms with Gasteiger partial charge in [-0.1, -0.05) is 97.1 Å². The third-order valence-corrected chi connectivity index (χ3v) is 11.3. The van der Waals surface area contributed by atoms with E-state index in [1.165, 1.54) is 32.6 Å². The molecule has 262 valence electrons. The molecule has 3 heterocycles. The third kappa shape index (κ3) is 4.68. The second-order valence-electron chi connectivity index (χ2n) is 14.3. The highest BCUT2D eigenvalue weighted by atomic mass is 15.0. The summed E-state index contributed by atoms with van der Waals surface area (Å²) in [5.74, 6) is 0. The molecule has 8 aromatic carbocycles. The van der Waals surface area contributed by atoms with Crippen LogP contribution >= 0.6 is 0 Å². The molecule has 0 unspecified atom stereocenters. The molecule has 0 atom stereocenters. The number of benzene rings is 8. The number of para-hydroxylation sites is 4. The van der Waals surface area contributed by atoms with Crippen LogP contribution < -0.4 is 0 Å². The van der Waals surface area contributed by atoms with Crippen molar-refractivity contribution in [3.05, 3.63) is 187 Å². The van der Waals surface area contributed by atoms with Gasteiger partial charge in [0.1, 0.15) is 12.1 Å².